The molecule has 0 aromatic heterocycles. The number of aliphatic hydroxyl groups excluding tert-OH is 1. The number of carbonyl (C=O) groups is 2. The summed E-state index contributed by atoms with van der Waals surface area (Å²) < 4.78 is 0. The summed E-state index contributed by atoms with van der Waals surface area (Å²) in [7, 11) is 0. The molecule has 6 heteroatoms. The standard InChI is InChI=1S/C4H6O5.Ca.2H/c5-2(4(8)9)1-3(6)7;;;/h2,5H,1H2,(H,6,7)(H,8,9);;;/q;+2;2*-1. The summed E-state index contributed by atoms with van der Waals surface area (Å²) in [6, 6.07) is 0. The van der Waals surface area contributed by atoms with Crippen molar-refractivity contribution in [1.29, 1.82) is 0 Å². The van der Waals surface area contributed by atoms with Crippen molar-refractivity contribution in [3.63, 3.8) is 0 Å². The Morgan fingerprint density at radius 2 is 1.80 bits per heavy atom. The number of aliphatic carboxylic acids is 2. The van der Waals surface area contributed by atoms with Gasteiger partial charge in [0, 0.05) is 0 Å². The minimum absolute atomic E-state index is 0. The number of hydrogen-bond donors (Lipinski definition) is 3. The maximum Gasteiger partial charge on any atom is 2.00 e. The second-order valence-electron chi connectivity index (χ2n) is 1.45. The Hall–Kier alpha value is 0.160. The molecule has 0 saturated carbocycles. The zero-order valence-corrected chi connectivity index (χ0v) is 7.36. The van der Waals surface area contributed by atoms with E-state index in [1.807, 2.05) is 0 Å². The Labute approximate surface area is 89.6 Å². The normalized spacial score (nSPS) is 11.3. The van der Waals surface area contributed by atoms with Crippen molar-refractivity contribution in [3.05, 3.63) is 0 Å². The molecule has 0 aliphatic rings. The number of rotatable bonds is 3. The van der Waals surface area contributed by atoms with Gasteiger partial charge in [0.15, 0.2) is 6.10 Å². The summed E-state index contributed by atoms with van der Waals surface area (Å²) in [5.74, 6) is -2.85. The first-order chi connectivity index (χ1) is 4.04. The third-order valence-corrected chi connectivity index (χ3v) is 0.653. The van der Waals surface area contributed by atoms with Gasteiger partial charge in [-0.3, -0.25) is 4.79 Å². The molecular formula is C4H8CaO5. The zero-order valence-electron chi connectivity index (χ0n) is 7.15. The second kappa shape index (κ2) is 5.91. The summed E-state index contributed by atoms with van der Waals surface area (Å²) in [5, 5.41) is 24.1. The van der Waals surface area contributed by atoms with E-state index in [4.69, 9.17) is 15.3 Å². The topological polar surface area (TPSA) is 94.8 Å². The maximum absolute atomic E-state index is 9.72. The third kappa shape index (κ3) is 6.28. The number of hydrogen-bond acceptors (Lipinski definition) is 3. The van der Waals surface area contributed by atoms with Crippen molar-refractivity contribution in [2.24, 2.45) is 0 Å². The van der Waals surface area contributed by atoms with Gasteiger partial charge in [0.05, 0.1) is 6.42 Å². The van der Waals surface area contributed by atoms with Crippen molar-refractivity contribution >= 4 is 49.7 Å². The molecule has 1 unspecified atom stereocenters. The first kappa shape index (κ1) is 12.8. The minimum Gasteiger partial charge on any atom is -1.00 e. The molecule has 0 aromatic carbocycles. The molecule has 0 fully saturated rings. The van der Waals surface area contributed by atoms with Crippen LogP contribution >= 0.6 is 0 Å². The molecule has 56 valence electrons. The largest absolute Gasteiger partial charge is 2.00 e. The fourth-order valence-corrected chi connectivity index (χ4v) is 0.253. The van der Waals surface area contributed by atoms with Gasteiger partial charge in [0.2, 0.25) is 0 Å². The molecule has 0 aliphatic heterocycles. The summed E-state index contributed by atoms with van der Waals surface area (Å²) in [5.41, 5.74) is 0. The van der Waals surface area contributed by atoms with Crippen molar-refractivity contribution in [2.45, 2.75) is 12.5 Å². The average Bonchev–Trinajstić information content (AvgIpc) is 1.63. The molecule has 0 rings (SSSR count). The van der Waals surface area contributed by atoms with E-state index in [-0.39, 0.29) is 40.6 Å². The van der Waals surface area contributed by atoms with E-state index in [1.54, 1.807) is 0 Å². The zero-order chi connectivity index (χ0) is 7.44. The molecule has 3 N–H and O–H groups in total. The van der Waals surface area contributed by atoms with Gasteiger partial charge >= 0.3 is 49.7 Å². The van der Waals surface area contributed by atoms with E-state index < -0.39 is 24.5 Å². The average molecular weight is 176 g/mol. The van der Waals surface area contributed by atoms with Gasteiger partial charge in [-0.05, 0) is 0 Å². The number of carboxylic acid groups (broad SMARTS) is 2. The third-order valence-electron chi connectivity index (χ3n) is 0.653. The predicted octanol–water partition coefficient (Wildman–Crippen LogP) is -1.25. The SMILES string of the molecule is O=C(O)CC(O)C(=O)O.[Ca+2].[H-].[H-]. The van der Waals surface area contributed by atoms with Crippen LogP contribution < -0.4 is 0 Å². The van der Waals surface area contributed by atoms with Crippen molar-refractivity contribution in [1.82, 2.24) is 0 Å². The maximum atomic E-state index is 9.72. The van der Waals surface area contributed by atoms with Crippen LogP contribution in [0.25, 0.3) is 0 Å². The summed E-state index contributed by atoms with van der Waals surface area (Å²) in [6.45, 7) is 0. The van der Waals surface area contributed by atoms with E-state index in [0.717, 1.165) is 0 Å². The smallest absolute Gasteiger partial charge is 1.00 e. The van der Waals surface area contributed by atoms with Gasteiger partial charge in [-0.15, -0.1) is 0 Å². The predicted molar refractivity (Wildman–Crippen MR) is 33.9 cm³/mol. The molecule has 0 aromatic rings. The molecule has 1 atom stereocenters. The van der Waals surface area contributed by atoms with Gasteiger partial charge in [-0.1, -0.05) is 0 Å². The minimum atomic E-state index is -1.79. The van der Waals surface area contributed by atoms with Gasteiger partial charge in [0.1, 0.15) is 0 Å². The molecule has 0 radical (unpaired) electrons. The molecule has 5 nitrogen and oxygen atoms in total. The van der Waals surface area contributed by atoms with E-state index >= 15 is 0 Å². The monoisotopic (exact) mass is 176 g/mol. The fourth-order valence-electron chi connectivity index (χ4n) is 0.253. The van der Waals surface area contributed by atoms with Crippen LogP contribution in [0.1, 0.15) is 9.27 Å². The van der Waals surface area contributed by atoms with Crippen LogP contribution in [0.3, 0.4) is 0 Å². The Balaban J connectivity index is -0.000000107. The summed E-state index contributed by atoms with van der Waals surface area (Å²) in [6.07, 6.45) is -2.54. The van der Waals surface area contributed by atoms with Crippen LogP contribution in [-0.2, 0) is 9.59 Å². The molecule has 0 amide bonds. The van der Waals surface area contributed by atoms with Crippen LogP contribution in [0.5, 0.6) is 0 Å². The van der Waals surface area contributed by atoms with E-state index in [2.05, 4.69) is 0 Å². The number of carboxylic acids is 2. The quantitative estimate of drug-likeness (QED) is 0.467. The molecular weight excluding hydrogens is 168 g/mol. The van der Waals surface area contributed by atoms with Crippen LogP contribution in [0, 0.1) is 0 Å². The number of aliphatic hydroxyl groups is 1. The second-order valence-corrected chi connectivity index (χ2v) is 1.45. The molecule has 0 spiro atoms. The fraction of sp³-hybridized carbons (Fsp3) is 0.500. The Morgan fingerprint density at radius 1 is 1.40 bits per heavy atom. The van der Waals surface area contributed by atoms with Crippen LogP contribution in [-0.4, -0.2) is 71.1 Å². The summed E-state index contributed by atoms with van der Waals surface area (Å²) >= 11 is 0. The van der Waals surface area contributed by atoms with Gasteiger partial charge in [0.25, 0.3) is 0 Å². The van der Waals surface area contributed by atoms with Crippen LogP contribution in [0.4, 0.5) is 0 Å². The molecule has 0 bridgehead atoms. The molecule has 0 heterocycles. The van der Waals surface area contributed by atoms with Crippen molar-refractivity contribution in [3.8, 4) is 0 Å². The first-order valence-corrected chi connectivity index (χ1v) is 2.16. The molecule has 0 saturated heterocycles. The van der Waals surface area contributed by atoms with Gasteiger partial charge < -0.3 is 18.2 Å². The first-order valence-electron chi connectivity index (χ1n) is 2.16. The van der Waals surface area contributed by atoms with E-state index in [0.29, 0.717) is 0 Å². The van der Waals surface area contributed by atoms with Crippen molar-refractivity contribution < 1.29 is 27.8 Å². The van der Waals surface area contributed by atoms with E-state index in [9.17, 15) is 9.59 Å². The molecule has 10 heavy (non-hydrogen) atoms. The van der Waals surface area contributed by atoms with Crippen LogP contribution in [0.2, 0.25) is 0 Å². The Bertz CT molecular complexity index is 141. The van der Waals surface area contributed by atoms with E-state index in [1.165, 1.54) is 0 Å². The Kier molecular flexibility index (Phi) is 7.56. The van der Waals surface area contributed by atoms with Crippen LogP contribution in [0.15, 0.2) is 0 Å². The van der Waals surface area contributed by atoms with Gasteiger partial charge in [-0.2, -0.15) is 0 Å². The molecule has 0 aliphatic carbocycles. The van der Waals surface area contributed by atoms with Gasteiger partial charge in [-0.25, -0.2) is 4.79 Å². The van der Waals surface area contributed by atoms with Crippen molar-refractivity contribution in [2.75, 3.05) is 0 Å². The Morgan fingerprint density at radius 3 is 1.90 bits per heavy atom. The summed E-state index contributed by atoms with van der Waals surface area (Å²) in [4.78, 5) is 19.4.